The number of nitrogens with zero attached hydrogens (tertiary/aromatic N) is 1. The van der Waals surface area contributed by atoms with Crippen molar-refractivity contribution in [1.82, 2.24) is 10.2 Å². The predicted molar refractivity (Wildman–Crippen MR) is 87.7 cm³/mol. The van der Waals surface area contributed by atoms with Crippen LogP contribution in [0.5, 0.6) is 0 Å². The highest BCUT2D eigenvalue weighted by Gasteiger charge is 2.33. The highest BCUT2D eigenvalue weighted by Crippen LogP contribution is 2.20. The van der Waals surface area contributed by atoms with Gasteiger partial charge in [0.05, 0.1) is 5.92 Å². The quantitative estimate of drug-likeness (QED) is 0.821. The van der Waals surface area contributed by atoms with Crippen molar-refractivity contribution in [2.75, 3.05) is 18.4 Å². The summed E-state index contributed by atoms with van der Waals surface area (Å²) in [6.07, 6.45) is 0.493. The van der Waals surface area contributed by atoms with E-state index in [4.69, 9.17) is 0 Å². The lowest BCUT2D eigenvalue weighted by atomic mass is 10.1. The Kier molecular flexibility index (Phi) is 5.54. The summed E-state index contributed by atoms with van der Waals surface area (Å²) >= 11 is 0. The van der Waals surface area contributed by atoms with Crippen LogP contribution in [0.15, 0.2) is 18.2 Å². The summed E-state index contributed by atoms with van der Waals surface area (Å²) in [6, 6.07) is 4.23. The van der Waals surface area contributed by atoms with Gasteiger partial charge >= 0.3 is 11.8 Å². The third kappa shape index (κ3) is 4.31. The van der Waals surface area contributed by atoms with Gasteiger partial charge in [0.2, 0.25) is 5.91 Å². The van der Waals surface area contributed by atoms with Crippen LogP contribution in [0.4, 0.5) is 10.1 Å². The number of amides is 3. The second-order valence-corrected chi connectivity index (χ2v) is 6.32. The number of anilines is 1. The first kappa shape index (κ1) is 17.9. The van der Waals surface area contributed by atoms with Crippen LogP contribution in [0.1, 0.15) is 25.8 Å². The highest BCUT2D eigenvalue weighted by atomic mass is 19.1. The zero-order valence-electron chi connectivity index (χ0n) is 14.1. The zero-order valence-corrected chi connectivity index (χ0v) is 14.1. The van der Waals surface area contributed by atoms with Crippen LogP contribution in [-0.4, -0.2) is 41.8 Å². The third-order valence-corrected chi connectivity index (χ3v) is 3.89. The van der Waals surface area contributed by atoms with Crippen molar-refractivity contribution in [3.63, 3.8) is 0 Å². The van der Waals surface area contributed by atoms with E-state index < -0.39 is 11.8 Å². The molecular weight excluding hydrogens is 313 g/mol. The number of hydrogen-bond acceptors (Lipinski definition) is 3. The van der Waals surface area contributed by atoms with Gasteiger partial charge < -0.3 is 15.5 Å². The minimum absolute atomic E-state index is 0.120. The Bertz CT molecular complexity index is 660. The van der Waals surface area contributed by atoms with Crippen molar-refractivity contribution in [3.05, 3.63) is 29.6 Å². The maximum atomic E-state index is 13.2. The summed E-state index contributed by atoms with van der Waals surface area (Å²) in [4.78, 5) is 37.4. The summed E-state index contributed by atoms with van der Waals surface area (Å²) in [5.41, 5.74) is 0.961. The molecule has 1 aromatic rings. The molecule has 0 saturated carbocycles. The Hall–Kier alpha value is -2.44. The van der Waals surface area contributed by atoms with Gasteiger partial charge in [0.1, 0.15) is 5.82 Å². The van der Waals surface area contributed by atoms with Gasteiger partial charge in [-0.05, 0) is 51.0 Å². The molecule has 0 radical (unpaired) electrons. The molecule has 1 aliphatic heterocycles. The van der Waals surface area contributed by atoms with Crippen LogP contribution in [0.3, 0.4) is 0 Å². The number of aryl methyl sites for hydroxylation is 1. The molecular formula is C17H22FN3O3. The van der Waals surface area contributed by atoms with E-state index in [0.717, 1.165) is 0 Å². The van der Waals surface area contributed by atoms with E-state index in [9.17, 15) is 18.8 Å². The maximum absolute atomic E-state index is 13.2. The zero-order chi connectivity index (χ0) is 17.9. The van der Waals surface area contributed by atoms with Crippen LogP contribution in [0.25, 0.3) is 0 Å². The van der Waals surface area contributed by atoms with Crippen LogP contribution in [0.2, 0.25) is 0 Å². The summed E-state index contributed by atoms with van der Waals surface area (Å²) in [5.74, 6) is -2.22. The molecule has 24 heavy (non-hydrogen) atoms. The molecule has 2 rings (SSSR count). The number of halogens is 1. The number of carbonyl (C=O) groups is 3. The normalized spacial score (nSPS) is 17.0. The molecule has 1 saturated heterocycles. The molecule has 1 heterocycles. The summed E-state index contributed by atoms with van der Waals surface area (Å²) in [7, 11) is 0. The van der Waals surface area contributed by atoms with Crippen molar-refractivity contribution >= 4 is 23.4 Å². The molecule has 0 spiro atoms. The summed E-state index contributed by atoms with van der Waals surface area (Å²) in [5, 5.41) is 5.28. The first-order chi connectivity index (χ1) is 11.3. The average molecular weight is 335 g/mol. The summed E-state index contributed by atoms with van der Waals surface area (Å²) < 4.78 is 13.2. The molecule has 3 amide bonds. The number of rotatable bonds is 3. The Balaban J connectivity index is 1.92. The lowest BCUT2D eigenvalue weighted by molar-refractivity contribution is -0.145. The van der Waals surface area contributed by atoms with Crippen LogP contribution < -0.4 is 10.6 Å². The standard InChI is InChI=1S/C17H22FN3O3/c1-10(2)19-16(23)17(24)21-7-6-12(9-21)15(22)20-13-4-5-14(18)11(3)8-13/h4-5,8,10,12H,6-7,9H2,1-3H3,(H,19,23)(H,20,22)/t12-/m0/s1. The average Bonchev–Trinajstić information content (AvgIpc) is 2.99. The van der Waals surface area contributed by atoms with Gasteiger partial charge in [-0.25, -0.2) is 4.39 Å². The largest absolute Gasteiger partial charge is 0.346 e. The van der Waals surface area contributed by atoms with Gasteiger partial charge in [-0.15, -0.1) is 0 Å². The van der Waals surface area contributed by atoms with Gasteiger partial charge in [0, 0.05) is 24.8 Å². The van der Waals surface area contributed by atoms with E-state index in [1.807, 2.05) is 0 Å². The Labute approximate surface area is 140 Å². The molecule has 1 aliphatic rings. The molecule has 6 nitrogen and oxygen atoms in total. The molecule has 1 fully saturated rings. The minimum atomic E-state index is -0.653. The molecule has 0 aromatic heterocycles. The van der Waals surface area contributed by atoms with Gasteiger partial charge in [-0.3, -0.25) is 14.4 Å². The van der Waals surface area contributed by atoms with Gasteiger partial charge in [-0.1, -0.05) is 0 Å². The van der Waals surface area contributed by atoms with E-state index >= 15 is 0 Å². The molecule has 1 aromatic carbocycles. The lowest BCUT2D eigenvalue weighted by Crippen LogP contribution is -2.44. The van der Waals surface area contributed by atoms with Crippen LogP contribution >= 0.6 is 0 Å². The van der Waals surface area contributed by atoms with Crippen molar-refractivity contribution in [2.45, 2.75) is 33.2 Å². The number of nitrogens with one attached hydrogen (secondary N) is 2. The monoisotopic (exact) mass is 335 g/mol. The smallest absolute Gasteiger partial charge is 0.311 e. The minimum Gasteiger partial charge on any atom is -0.346 e. The molecule has 0 bridgehead atoms. The maximum Gasteiger partial charge on any atom is 0.311 e. The van der Waals surface area contributed by atoms with Crippen LogP contribution in [0, 0.1) is 18.7 Å². The number of benzene rings is 1. The highest BCUT2D eigenvalue weighted by molar-refractivity contribution is 6.35. The van der Waals surface area contributed by atoms with E-state index in [0.29, 0.717) is 24.2 Å². The van der Waals surface area contributed by atoms with E-state index in [1.54, 1.807) is 26.8 Å². The second-order valence-electron chi connectivity index (χ2n) is 6.32. The molecule has 1 atom stereocenters. The molecule has 0 unspecified atom stereocenters. The number of hydrogen-bond donors (Lipinski definition) is 2. The van der Waals surface area contributed by atoms with Crippen LogP contribution in [-0.2, 0) is 14.4 Å². The van der Waals surface area contributed by atoms with Crippen molar-refractivity contribution in [2.24, 2.45) is 5.92 Å². The fourth-order valence-corrected chi connectivity index (χ4v) is 2.59. The molecule has 7 heteroatoms. The van der Waals surface area contributed by atoms with E-state index in [2.05, 4.69) is 10.6 Å². The van der Waals surface area contributed by atoms with Gasteiger partial charge in [0.25, 0.3) is 0 Å². The Morgan fingerprint density at radius 1 is 1.29 bits per heavy atom. The molecule has 130 valence electrons. The molecule has 0 aliphatic carbocycles. The van der Waals surface area contributed by atoms with Gasteiger partial charge in [0.15, 0.2) is 0 Å². The third-order valence-electron chi connectivity index (χ3n) is 3.89. The van der Waals surface area contributed by atoms with Crippen molar-refractivity contribution in [3.8, 4) is 0 Å². The Morgan fingerprint density at radius 2 is 2.00 bits per heavy atom. The first-order valence-electron chi connectivity index (χ1n) is 7.94. The van der Waals surface area contributed by atoms with E-state index in [-0.39, 0.29) is 30.2 Å². The van der Waals surface area contributed by atoms with Crippen molar-refractivity contribution in [1.29, 1.82) is 0 Å². The first-order valence-corrected chi connectivity index (χ1v) is 7.94. The predicted octanol–water partition coefficient (Wildman–Crippen LogP) is 1.45. The SMILES string of the molecule is Cc1cc(NC(=O)[C@H]2CCN(C(=O)C(=O)NC(C)C)C2)ccc1F. The number of carbonyl (C=O) groups excluding carboxylic acids is 3. The fraction of sp³-hybridized carbons (Fsp3) is 0.471. The second kappa shape index (κ2) is 7.42. The summed E-state index contributed by atoms with van der Waals surface area (Å²) in [6.45, 7) is 5.74. The van der Waals surface area contributed by atoms with Crippen molar-refractivity contribution < 1.29 is 18.8 Å². The number of likely N-dealkylation sites (tertiary alicyclic amines) is 1. The fourth-order valence-electron chi connectivity index (χ4n) is 2.59. The lowest BCUT2D eigenvalue weighted by Gasteiger charge is -2.17. The molecule has 2 N–H and O–H groups in total. The van der Waals surface area contributed by atoms with E-state index in [1.165, 1.54) is 17.0 Å². The Morgan fingerprint density at radius 3 is 2.62 bits per heavy atom. The van der Waals surface area contributed by atoms with Gasteiger partial charge in [-0.2, -0.15) is 0 Å². The topological polar surface area (TPSA) is 78.5 Å².